The molecule has 2 heterocycles. The number of anilines is 2. The van der Waals surface area contributed by atoms with Crippen LogP contribution in [0.3, 0.4) is 0 Å². The van der Waals surface area contributed by atoms with Gasteiger partial charge in [-0.3, -0.25) is 9.80 Å². The van der Waals surface area contributed by atoms with Crippen LogP contribution in [-0.4, -0.2) is 24.8 Å². The Kier molecular flexibility index (Phi) is 4.53. The van der Waals surface area contributed by atoms with Crippen LogP contribution in [0.1, 0.15) is 28.3 Å². The quantitative estimate of drug-likeness (QED) is 0.602. The van der Waals surface area contributed by atoms with Crippen molar-refractivity contribution in [2.24, 2.45) is 0 Å². The van der Waals surface area contributed by atoms with Gasteiger partial charge in [-0.1, -0.05) is 47.5 Å². The molecule has 1 spiro atoms. The first-order valence-corrected chi connectivity index (χ1v) is 10.4. The molecular weight excluding hydrogens is 386 g/mol. The lowest BCUT2D eigenvalue weighted by atomic mass is 9.82. The molecule has 2 amide bonds. The maximum Gasteiger partial charge on any atom is 0.330 e. The van der Waals surface area contributed by atoms with E-state index in [1.807, 2.05) is 59.2 Å². The topological polar surface area (TPSA) is 56.6 Å². The van der Waals surface area contributed by atoms with Crippen LogP contribution < -0.4 is 9.80 Å². The largest absolute Gasteiger partial charge is 0.376 e. The highest BCUT2D eigenvalue weighted by Gasteiger charge is 2.62. The third-order valence-electron chi connectivity index (χ3n) is 6.24. The molecule has 1 atom stereocenters. The summed E-state index contributed by atoms with van der Waals surface area (Å²) < 4.78 is 5.72. The second kappa shape index (κ2) is 7.26. The van der Waals surface area contributed by atoms with Gasteiger partial charge >= 0.3 is 6.03 Å². The molecule has 5 nitrogen and oxygen atoms in total. The maximum atomic E-state index is 14.0. The highest BCUT2D eigenvalue weighted by atomic mass is 16.5. The summed E-state index contributed by atoms with van der Waals surface area (Å²) in [5.41, 5.74) is 5.09. The number of hydrogen-bond donors (Lipinski definition) is 0. The van der Waals surface area contributed by atoms with Crippen LogP contribution in [0.2, 0.25) is 0 Å². The predicted molar refractivity (Wildman–Crippen MR) is 120 cm³/mol. The first-order valence-electron chi connectivity index (χ1n) is 10.4. The molecule has 2 fully saturated rings. The summed E-state index contributed by atoms with van der Waals surface area (Å²) in [4.78, 5) is 17.7. The van der Waals surface area contributed by atoms with Crippen molar-refractivity contribution in [1.29, 1.82) is 5.26 Å². The van der Waals surface area contributed by atoms with E-state index in [0.717, 1.165) is 28.1 Å². The third kappa shape index (κ3) is 2.99. The molecule has 31 heavy (non-hydrogen) atoms. The Balaban J connectivity index is 1.69. The zero-order chi connectivity index (χ0) is 21.6. The van der Waals surface area contributed by atoms with Crippen molar-refractivity contribution < 1.29 is 9.53 Å². The van der Waals surface area contributed by atoms with Crippen LogP contribution >= 0.6 is 0 Å². The van der Waals surface area contributed by atoms with E-state index in [4.69, 9.17) is 4.74 Å². The molecule has 5 rings (SSSR count). The Morgan fingerprint density at radius 2 is 1.61 bits per heavy atom. The van der Waals surface area contributed by atoms with E-state index in [-0.39, 0.29) is 12.1 Å². The number of rotatable bonds is 3. The first-order chi connectivity index (χ1) is 15.0. The zero-order valence-electron chi connectivity index (χ0n) is 17.6. The summed E-state index contributed by atoms with van der Waals surface area (Å²) >= 11 is 0. The smallest absolute Gasteiger partial charge is 0.330 e. The number of nitriles is 1. The average Bonchev–Trinajstić information content (AvgIpc) is 3.04. The Morgan fingerprint density at radius 3 is 2.19 bits per heavy atom. The standard InChI is InChI=1S/C26H23N3O2/c1-18-6-10-22(11-7-18)28-24(21-5-3-4-19(2)14-21)26(16-31-17-26)29(25(28)30)23-12-8-20(15-27)9-13-23/h3-14,24H,16-17H2,1-2H3/t24-/m1/s1. The molecule has 0 saturated carbocycles. The summed E-state index contributed by atoms with van der Waals surface area (Å²) in [7, 11) is 0. The van der Waals surface area contributed by atoms with E-state index < -0.39 is 5.54 Å². The lowest BCUT2D eigenvalue weighted by molar-refractivity contribution is -0.0580. The maximum absolute atomic E-state index is 14.0. The number of benzene rings is 3. The van der Waals surface area contributed by atoms with E-state index >= 15 is 0 Å². The summed E-state index contributed by atoms with van der Waals surface area (Å²) in [5, 5.41) is 9.18. The number of nitrogens with zero attached hydrogens (tertiary/aromatic N) is 3. The van der Waals surface area contributed by atoms with Crippen LogP contribution in [0.4, 0.5) is 16.2 Å². The Morgan fingerprint density at radius 1 is 0.935 bits per heavy atom. The van der Waals surface area contributed by atoms with Gasteiger partial charge in [-0.25, -0.2) is 4.79 Å². The molecule has 0 N–H and O–H groups in total. The Hall–Kier alpha value is -3.62. The number of urea groups is 1. The monoisotopic (exact) mass is 409 g/mol. The van der Waals surface area contributed by atoms with Gasteiger partial charge in [0.05, 0.1) is 30.9 Å². The summed E-state index contributed by atoms with van der Waals surface area (Å²) in [6.45, 7) is 5.02. The molecule has 3 aromatic carbocycles. The van der Waals surface area contributed by atoms with E-state index in [1.165, 1.54) is 0 Å². The van der Waals surface area contributed by atoms with Crippen LogP contribution in [0.15, 0.2) is 72.8 Å². The molecular formula is C26H23N3O2. The zero-order valence-corrected chi connectivity index (χ0v) is 17.6. The van der Waals surface area contributed by atoms with Crippen molar-refractivity contribution in [3.63, 3.8) is 0 Å². The van der Waals surface area contributed by atoms with Gasteiger partial charge in [-0.2, -0.15) is 5.26 Å². The lowest BCUT2D eigenvalue weighted by Crippen LogP contribution is -2.62. The van der Waals surface area contributed by atoms with Gasteiger partial charge in [-0.05, 0) is 55.8 Å². The molecule has 0 unspecified atom stereocenters. The second-order valence-corrected chi connectivity index (χ2v) is 8.40. The number of carbonyl (C=O) groups is 1. The summed E-state index contributed by atoms with van der Waals surface area (Å²) in [5.74, 6) is 0. The van der Waals surface area contributed by atoms with Crippen molar-refractivity contribution in [1.82, 2.24) is 0 Å². The van der Waals surface area contributed by atoms with Crippen molar-refractivity contribution in [3.05, 3.63) is 95.1 Å². The molecule has 5 heteroatoms. The molecule has 0 aromatic heterocycles. The second-order valence-electron chi connectivity index (χ2n) is 8.40. The molecule has 0 radical (unpaired) electrons. The van der Waals surface area contributed by atoms with Crippen LogP contribution in [0, 0.1) is 25.2 Å². The molecule has 0 bridgehead atoms. The van der Waals surface area contributed by atoms with E-state index in [2.05, 4.69) is 31.2 Å². The number of amides is 2. The van der Waals surface area contributed by atoms with Crippen LogP contribution in [-0.2, 0) is 4.74 Å². The van der Waals surface area contributed by atoms with Gasteiger partial charge in [-0.15, -0.1) is 0 Å². The lowest BCUT2D eigenvalue weighted by Gasteiger charge is -2.47. The van der Waals surface area contributed by atoms with Gasteiger partial charge in [0.2, 0.25) is 0 Å². The van der Waals surface area contributed by atoms with Crippen molar-refractivity contribution in [2.45, 2.75) is 25.4 Å². The van der Waals surface area contributed by atoms with Crippen molar-refractivity contribution in [2.75, 3.05) is 23.0 Å². The molecule has 3 aromatic rings. The van der Waals surface area contributed by atoms with Crippen LogP contribution in [0.25, 0.3) is 0 Å². The van der Waals surface area contributed by atoms with E-state index in [1.54, 1.807) is 12.1 Å². The predicted octanol–water partition coefficient (Wildman–Crippen LogP) is 5.13. The fourth-order valence-corrected chi connectivity index (χ4v) is 4.69. The third-order valence-corrected chi connectivity index (χ3v) is 6.24. The molecule has 2 aliphatic heterocycles. The van der Waals surface area contributed by atoms with Crippen molar-refractivity contribution >= 4 is 17.4 Å². The fourth-order valence-electron chi connectivity index (χ4n) is 4.69. The van der Waals surface area contributed by atoms with E-state index in [0.29, 0.717) is 18.8 Å². The van der Waals surface area contributed by atoms with Gasteiger partial charge < -0.3 is 4.74 Å². The number of aryl methyl sites for hydroxylation is 2. The van der Waals surface area contributed by atoms with Crippen LogP contribution in [0.5, 0.6) is 0 Å². The minimum Gasteiger partial charge on any atom is -0.376 e. The molecule has 0 aliphatic carbocycles. The fraction of sp³-hybridized carbons (Fsp3) is 0.231. The molecule has 2 aliphatic rings. The summed E-state index contributed by atoms with van der Waals surface area (Å²) in [6.07, 6.45) is 0. The van der Waals surface area contributed by atoms with Gasteiger partial charge in [0.25, 0.3) is 0 Å². The molecule has 2 saturated heterocycles. The Labute approximate surface area is 182 Å². The van der Waals surface area contributed by atoms with Gasteiger partial charge in [0.1, 0.15) is 5.54 Å². The van der Waals surface area contributed by atoms with Gasteiger partial charge in [0.15, 0.2) is 0 Å². The minimum absolute atomic E-state index is 0.0802. The first kappa shape index (κ1) is 19.3. The van der Waals surface area contributed by atoms with Crippen molar-refractivity contribution in [3.8, 4) is 6.07 Å². The highest BCUT2D eigenvalue weighted by molar-refractivity contribution is 6.09. The van der Waals surface area contributed by atoms with E-state index in [9.17, 15) is 10.1 Å². The normalized spacial score (nSPS) is 19.4. The minimum atomic E-state index is -0.510. The number of hydrogen-bond acceptors (Lipinski definition) is 3. The number of carbonyl (C=O) groups excluding carboxylic acids is 1. The SMILES string of the molecule is Cc1ccc(N2C(=O)N(c3ccc(C#N)cc3)C3(COC3)[C@H]2c2cccc(C)c2)cc1. The highest BCUT2D eigenvalue weighted by Crippen LogP contribution is 2.51. The Bertz CT molecular complexity index is 1170. The molecule has 154 valence electrons. The average molecular weight is 409 g/mol. The summed E-state index contributed by atoms with van der Waals surface area (Å²) in [6, 6.07) is 25.5. The van der Waals surface area contributed by atoms with Gasteiger partial charge in [0, 0.05) is 11.4 Å². The number of ether oxygens (including phenoxy) is 1.